The zero-order chi connectivity index (χ0) is 14.8. The number of rotatable bonds is 5. The number of nitrogens with zero attached hydrogens (tertiary/aromatic N) is 3. The molecule has 1 N–H and O–H groups in total. The molecule has 3 rings (SSSR count). The molecule has 0 unspecified atom stereocenters. The second-order valence-electron chi connectivity index (χ2n) is 4.33. The van der Waals surface area contributed by atoms with Gasteiger partial charge in [-0.05, 0) is 29.7 Å². The van der Waals surface area contributed by atoms with Crippen molar-refractivity contribution >= 4 is 22.1 Å². The van der Waals surface area contributed by atoms with E-state index in [1.54, 1.807) is 23.7 Å². The summed E-state index contributed by atoms with van der Waals surface area (Å²) in [5.41, 5.74) is 1.10. The van der Waals surface area contributed by atoms with Crippen molar-refractivity contribution in [2.45, 2.75) is 6.54 Å². The van der Waals surface area contributed by atoms with Gasteiger partial charge in [0.25, 0.3) is 4.96 Å². The molecular weight excluding hydrogens is 292 g/mol. The highest BCUT2D eigenvalue weighted by Crippen LogP contribution is 2.33. The SMILES string of the molecule is CNCc1ccc(Oc2nc3sccn3c2[N+](=O)[O-])cc1. The highest BCUT2D eigenvalue weighted by atomic mass is 32.1. The van der Waals surface area contributed by atoms with E-state index >= 15 is 0 Å². The topological polar surface area (TPSA) is 81.7 Å². The predicted octanol–water partition coefficient (Wildman–Crippen LogP) is 2.82. The number of hydrogen-bond acceptors (Lipinski definition) is 6. The predicted molar refractivity (Wildman–Crippen MR) is 79.0 cm³/mol. The average molecular weight is 304 g/mol. The van der Waals surface area contributed by atoms with Crippen LogP contribution in [-0.2, 0) is 6.54 Å². The number of aromatic nitrogens is 2. The first-order valence-electron chi connectivity index (χ1n) is 6.20. The van der Waals surface area contributed by atoms with Gasteiger partial charge in [-0.3, -0.25) is 0 Å². The highest BCUT2D eigenvalue weighted by Gasteiger charge is 2.25. The summed E-state index contributed by atoms with van der Waals surface area (Å²) in [5.74, 6) is 0.363. The minimum Gasteiger partial charge on any atom is -0.433 e. The molecule has 0 saturated carbocycles. The monoisotopic (exact) mass is 304 g/mol. The lowest BCUT2D eigenvalue weighted by Gasteiger charge is -2.04. The molecule has 2 aromatic heterocycles. The maximum Gasteiger partial charge on any atom is 0.393 e. The van der Waals surface area contributed by atoms with Gasteiger partial charge in [-0.25, -0.2) is 0 Å². The zero-order valence-electron chi connectivity index (χ0n) is 11.1. The Morgan fingerprint density at radius 3 is 2.86 bits per heavy atom. The van der Waals surface area contributed by atoms with Crippen LogP contribution < -0.4 is 10.1 Å². The Labute approximate surface area is 124 Å². The molecule has 21 heavy (non-hydrogen) atoms. The van der Waals surface area contributed by atoms with Gasteiger partial charge >= 0.3 is 11.7 Å². The van der Waals surface area contributed by atoms with Crippen LogP contribution in [0.4, 0.5) is 5.82 Å². The van der Waals surface area contributed by atoms with Crippen molar-refractivity contribution in [1.29, 1.82) is 0 Å². The summed E-state index contributed by atoms with van der Waals surface area (Å²) >= 11 is 1.32. The first-order chi connectivity index (χ1) is 10.2. The van der Waals surface area contributed by atoms with Crippen molar-refractivity contribution in [1.82, 2.24) is 14.7 Å². The number of nitro groups is 1. The highest BCUT2D eigenvalue weighted by molar-refractivity contribution is 7.15. The molecule has 1 aromatic carbocycles. The average Bonchev–Trinajstić information content (AvgIpc) is 3.01. The van der Waals surface area contributed by atoms with Gasteiger partial charge in [0.15, 0.2) is 0 Å². The minimum atomic E-state index is -0.489. The van der Waals surface area contributed by atoms with Crippen molar-refractivity contribution in [3.63, 3.8) is 0 Å². The van der Waals surface area contributed by atoms with Crippen LogP contribution >= 0.6 is 11.3 Å². The van der Waals surface area contributed by atoms with Crippen LogP contribution in [0.2, 0.25) is 0 Å². The number of benzene rings is 1. The lowest BCUT2D eigenvalue weighted by atomic mass is 10.2. The van der Waals surface area contributed by atoms with E-state index in [1.165, 1.54) is 15.7 Å². The van der Waals surface area contributed by atoms with Gasteiger partial charge in [-0.15, -0.1) is 0 Å². The summed E-state index contributed by atoms with van der Waals surface area (Å²) in [7, 11) is 1.87. The third-order valence-electron chi connectivity index (χ3n) is 2.90. The van der Waals surface area contributed by atoms with Crippen LogP contribution in [0.1, 0.15) is 5.56 Å². The Morgan fingerprint density at radius 2 is 2.19 bits per heavy atom. The fourth-order valence-electron chi connectivity index (χ4n) is 1.98. The number of hydrogen-bond donors (Lipinski definition) is 1. The molecule has 2 heterocycles. The maximum atomic E-state index is 11.2. The molecule has 0 aliphatic carbocycles. The van der Waals surface area contributed by atoms with Gasteiger partial charge in [0.2, 0.25) is 0 Å². The van der Waals surface area contributed by atoms with Crippen LogP contribution in [0.25, 0.3) is 4.96 Å². The van der Waals surface area contributed by atoms with E-state index in [-0.39, 0.29) is 11.7 Å². The number of fused-ring (bicyclic) bond motifs is 1. The van der Waals surface area contributed by atoms with Gasteiger partial charge < -0.3 is 20.2 Å². The van der Waals surface area contributed by atoms with E-state index in [9.17, 15) is 10.1 Å². The normalized spacial score (nSPS) is 10.9. The van der Waals surface area contributed by atoms with Crippen molar-refractivity contribution in [3.05, 3.63) is 51.5 Å². The third-order valence-corrected chi connectivity index (χ3v) is 3.65. The summed E-state index contributed by atoms with van der Waals surface area (Å²) in [6.07, 6.45) is 1.61. The van der Waals surface area contributed by atoms with Crippen LogP contribution in [0.3, 0.4) is 0 Å². The number of imidazole rings is 1. The molecule has 0 radical (unpaired) electrons. The molecule has 0 atom stereocenters. The van der Waals surface area contributed by atoms with Crippen LogP contribution in [0.15, 0.2) is 35.8 Å². The van der Waals surface area contributed by atoms with Gasteiger partial charge in [0, 0.05) is 11.9 Å². The van der Waals surface area contributed by atoms with E-state index in [0.29, 0.717) is 10.7 Å². The van der Waals surface area contributed by atoms with E-state index in [1.807, 2.05) is 19.2 Å². The lowest BCUT2D eigenvalue weighted by Crippen LogP contribution is -2.04. The molecule has 0 aliphatic rings. The van der Waals surface area contributed by atoms with E-state index < -0.39 is 4.92 Å². The number of nitrogens with one attached hydrogen (secondary N) is 1. The summed E-state index contributed by atoms with van der Waals surface area (Å²) in [5, 5.41) is 16.0. The maximum absolute atomic E-state index is 11.2. The molecule has 108 valence electrons. The first kappa shape index (κ1) is 13.5. The van der Waals surface area contributed by atoms with Crippen molar-refractivity contribution in [2.75, 3.05) is 7.05 Å². The lowest BCUT2D eigenvalue weighted by molar-refractivity contribution is -0.391. The number of ether oxygens (including phenoxy) is 1. The molecule has 0 saturated heterocycles. The van der Waals surface area contributed by atoms with Gasteiger partial charge in [-0.2, -0.15) is 9.38 Å². The number of thiazole rings is 1. The molecular formula is C13H12N4O3S. The van der Waals surface area contributed by atoms with Crippen molar-refractivity contribution in [3.8, 4) is 11.6 Å². The molecule has 0 spiro atoms. The summed E-state index contributed by atoms with van der Waals surface area (Å²) < 4.78 is 6.97. The smallest absolute Gasteiger partial charge is 0.393 e. The second kappa shape index (κ2) is 5.51. The third kappa shape index (κ3) is 2.58. The van der Waals surface area contributed by atoms with Crippen LogP contribution in [0, 0.1) is 10.1 Å². The summed E-state index contributed by atoms with van der Waals surface area (Å²) in [6, 6.07) is 7.33. The standard InChI is InChI=1S/C13H12N4O3S/c1-14-8-9-2-4-10(5-3-9)20-11-12(17(18)19)16-6-7-21-13(16)15-11/h2-7,14H,8H2,1H3. The van der Waals surface area contributed by atoms with Crippen LogP contribution in [0.5, 0.6) is 11.6 Å². The molecule has 0 bridgehead atoms. The van der Waals surface area contributed by atoms with E-state index in [4.69, 9.17) is 4.74 Å². The Kier molecular flexibility index (Phi) is 3.55. The molecule has 3 aromatic rings. The Morgan fingerprint density at radius 1 is 1.43 bits per heavy atom. The first-order valence-corrected chi connectivity index (χ1v) is 7.08. The fourth-order valence-corrected chi connectivity index (χ4v) is 2.68. The van der Waals surface area contributed by atoms with Gasteiger partial charge in [0.1, 0.15) is 11.9 Å². The van der Waals surface area contributed by atoms with Crippen molar-refractivity contribution < 1.29 is 9.66 Å². The molecule has 0 amide bonds. The quantitative estimate of drug-likeness (QED) is 0.579. The second-order valence-corrected chi connectivity index (χ2v) is 5.20. The summed E-state index contributed by atoms with van der Waals surface area (Å²) in [4.78, 5) is 15.4. The summed E-state index contributed by atoms with van der Waals surface area (Å²) in [6.45, 7) is 0.751. The zero-order valence-corrected chi connectivity index (χ0v) is 12.0. The van der Waals surface area contributed by atoms with E-state index in [2.05, 4.69) is 10.3 Å². The Bertz CT molecular complexity index is 778. The Hall–Kier alpha value is -2.45. The molecule has 8 heteroatoms. The molecule has 7 nitrogen and oxygen atoms in total. The van der Waals surface area contributed by atoms with Gasteiger partial charge in [-0.1, -0.05) is 23.5 Å². The minimum absolute atomic E-state index is 0.00761. The molecule has 0 aliphatic heterocycles. The van der Waals surface area contributed by atoms with E-state index in [0.717, 1.165) is 12.1 Å². The van der Waals surface area contributed by atoms with Gasteiger partial charge in [0.05, 0.1) is 0 Å². The largest absolute Gasteiger partial charge is 0.433 e. The fraction of sp³-hybridized carbons (Fsp3) is 0.154. The van der Waals surface area contributed by atoms with Crippen LogP contribution in [-0.4, -0.2) is 21.4 Å². The van der Waals surface area contributed by atoms with Crippen molar-refractivity contribution in [2.24, 2.45) is 0 Å². The molecule has 0 fully saturated rings. The Balaban J connectivity index is 1.92.